The summed E-state index contributed by atoms with van der Waals surface area (Å²) in [4.78, 5) is 1.31. The molecule has 1 aliphatic heterocycles. The van der Waals surface area contributed by atoms with Crippen LogP contribution >= 0.6 is 11.8 Å². The molecule has 1 aromatic carbocycles. The molecular formula is C15H22O2S. The Balaban J connectivity index is 1.72. The number of ether oxygens (including phenoxy) is 1. The largest absolute Gasteiger partial charge is 0.390 e. The van der Waals surface area contributed by atoms with Gasteiger partial charge >= 0.3 is 0 Å². The number of thioether (sulfide) groups is 1. The molecule has 0 saturated carbocycles. The lowest BCUT2D eigenvalue weighted by molar-refractivity contribution is -0.0703. The van der Waals surface area contributed by atoms with Gasteiger partial charge in [0.15, 0.2) is 0 Å². The summed E-state index contributed by atoms with van der Waals surface area (Å²) in [5.41, 5.74) is -0.337. The fraction of sp³-hybridized carbons (Fsp3) is 0.600. The molecule has 0 spiro atoms. The van der Waals surface area contributed by atoms with E-state index < -0.39 is 0 Å². The van der Waals surface area contributed by atoms with Gasteiger partial charge in [0, 0.05) is 11.3 Å². The highest BCUT2D eigenvalue weighted by atomic mass is 32.2. The Hall–Kier alpha value is -0.510. The third-order valence-electron chi connectivity index (χ3n) is 3.56. The topological polar surface area (TPSA) is 29.5 Å². The van der Waals surface area contributed by atoms with Crippen molar-refractivity contribution in [1.82, 2.24) is 0 Å². The predicted octanol–water partition coefficient (Wildman–Crippen LogP) is 3.49. The van der Waals surface area contributed by atoms with Gasteiger partial charge < -0.3 is 9.84 Å². The van der Waals surface area contributed by atoms with E-state index in [-0.39, 0.29) is 17.8 Å². The Morgan fingerprint density at radius 1 is 1.39 bits per heavy atom. The van der Waals surface area contributed by atoms with E-state index in [1.807, 2.05) is 31.7 Å². The highest BCUT2D eigenvalue weighted by Gasteiger charge is 2.41. The standard InChI is InChI=1S/C15H22O2S/c1-12-11-14(16)15(2,17-12)9-6-10-18-13-7-4-3-5-8-13/h3-5,7-8,12,14,16H,6,9-11H2,1-2H3/t12-,14+,15+/m1/s1. The molecule has 1 aliphatic rings. The third-order valence-corrected chi connectivity index (χ3v) is 4.66. The molecule has 100 valence electrons. The third kappa shape index (κ3) is 3.50. The molecule has 0 amide bonds. The minimum atomic E-state index is -0.337. The van der Waals surface area contributed by atoms with Gasteiger partial charge in [-0.3, -0.25) is 0 Å². The zero-order valence-corrected chi connectivity index (χ0v) is 12.0. The molecule has 2 nitrogen and oxygen atoms in total. The van der Waals surface area contributed by atoms with E-state index in [2.05, 4.69) is 24.3 Å². The monoisotopic (exact) mass is 266 g/mol. The van der Waals surface area contributed by atoms with Gasteiger partial charge in [-0.2, -0.15) is 0 Å². The van der Waals surface area contributed by atoms with Gasteiger partial charge in [0.05, 0.1) is 17.8 Å². The van der Waals surface area contributed by atoms with Crippen molar-refractivity contribution < 1.29 is 9.84 Å². The van der Waals surface area contributed by atoms with Gasteiger partial charge in [-0.25, -0.2) is 0 Å². The number of hydrogen-bond acceptors (Lipinski definition) is 3. The first kappa shape index (κ1) is 13.9. The van der Waals surface area contributed by atoms with Crippen molar-refractivity contribution in [2.24, 2.45) is 0 Å². The van der Waals surface area contributed by atoms with Crippen LogP contribution in [0.3, 0.4) is 0 Å². The second-order valence-corrected chi connectivity index (χ2v) is 6.43. The van der Waals surface area contributed by atoms with Crippen LogP contribution in [0.2, 0.25) is 0 Å². The molecular weight excluding hydrogens is 244 g/mol. The molecule has 3 heteroatoms. The Morgan fingerprint density at radius 3 is 2.72 bits per heavy atom. The molecule has 1 N–H and O–H groups in total. The zero-order valence-electron chi connectivity index (χ0n) is 11.1. The molecule has 3 atom stereocenters. The van der Waals surface area contributed by atoms with Crippen LogP contribution in [0.15, 0.2) is 35.2 Å². The summed E-state index contributed by atoms with van der Waals surface area (Å²) in [5, 5.41) is 10.0. The van der Waals surface area contributed by atoms with Crippen LogP contribution in [0.25, 0.3) is 0 Å². The molecule has 0 aliphatic carbocycles. The first-order valence-corrected chi connectivity index (χ1v) is 7.62. The number of hydrogen-bond donors (Lipinski definition) is 1. The summed E-state index contributed by atoms with van der Waals surface area (Å²) in [7, 11) is 0. The normalized spacial score (nSPS) is 31.7. The SMILES string of the molecule is C[C@@H]1C[C@H](O)[C@](C)(CCCSc2ccccc2)O1. The summed E-state index contributed by atoms with van der Waals surface area (Å²) in [5.74, 6) is 1.07. The summed E-state index contributed by atoms with van der Waals surface area (Å²) < 4.78 is 5.85. The number of benzene rings is 1. The lowest BCUT2D eigenvalue weighted by atomic mass is 9.94. The number of aliphatic hydroxyl groups is 1. The molecule has 1 heterocycles. The summed E-state index contributed by atoms with van der Waals surface area (Å²) in [6.45, 7) is 4.07. The van der Waals surface area contributed by atoms with Crippen molar-refractivity contribution in [1.29, 1.82) is 0 Å². The molecule has 1 saturated heterocycles. The highest BCUT2D eigenvalue weighted by molar-refractivity contribution is 7.99. The molecule has 1 fully saturated rings. The van der Waals surface area contributed by atoms with E-state index in [4.69, 9.17) is 4.74 Å². The average molecular weight is 266 g/mol. The predicted molar refractivity (Wildman–Crippen MR) is 76.0 cm³/mol. The van der Waals surface area contributed by atoms with Gasteiger partial charge in [0.2, 0.25) is 0 Å². The van der Waals surface area contributed by atoms with Crippen LogP contribution < -0.4 is 0 Å². The minimum absolute atomic E-state index is 0.187. The van der Waals surface area contributed by atoms with Crippen molar-refractivity contribution in [3.8, 4) is 0 Å². The minimum Gasteiger partial charge on any atom is -0.390 e. The van der Waals surface area contributed by atoms with Gasteiger partial charge in [-0.15, -0.1) is 11.8 Å². The van der Waals surface area contributed by atoms with Crippen molar-refractivity contribution in [2.75, 3.05) is 5.75 Å². The highest BCUT2D eigenvalue weighted by Crippen LogP contribution is 2.34. The zero-order chi connectivity index (χ0) is 13.0. The van der Waals surface area contributed by atoms with Crippen molar-refractivity contribution in [3.63, 3.8) is 0 Å². The lowest BCUT2D eigenvalue weighted by Crippen LogP contribution is -2.35. The summed E-state index contributed by atoms with van der Waals surface area (Å²) in [6.07, 6.45) is 2.64. The second-order valence-electron chi connectivity index (χ2n) is 5.26. The molecule has 0 bridgehead atoms. The van der Waals surface area contributed by atoms with Crippen molar-refractivity contribution in [3.05, 3.63) is 30.3 Å². The van der Waals surface area contributed by atoms with Crippen LogP contribution in [-0.4, -0.2) is 28.7 Å². The van der Waals surface area contributed by atoms with Crippen LogP contribution in [0.1, 0.15) is 33.1 Å². The molecule has 0 unspecified atom stereocenters. The molecule has 2 rings (SSSR count). The van der Waals surface area contributed by atoms with Crippen LogP contribution in [-0.2, 0) is 4.74 Å². The Labute approximate surface area is 114 Å². The van der Waals surface area contributed by atoms with Gasteiger partial charge in [0.1, 0.15) is 0 Å². The molecule has 1 aromatic rings. The maximum Gasteiger partial charge on any atom is 0.0917 e. The van der Waals surface area contributed by atoms with E-state index in [0.29, 0.717) is 0 Å². The van der Waals surface area contributed by atoms with E-state index in [1.54, 1.807) is 0 Å². The smallest absolute Gasteiger partial charge is 0.0917 e. The summed E-state index contributed by atoms with van der Waals surface area (Å²) >= 11 is 1.87. The van der Waals surface area contributed by atoms with E-state index in [9.17, 15) is 5.11 Å². The molecule has 18 heavy (non-hydrogen) atoms. The quantitative estimate of drug-likeness (QED) is 0.653. The number of aliphatic hydroxyl groups excluding tert-OH is 1. The second kappa shape index (κ2) is 6.09. The molecule has 0 radical (unpaired) electrons. The van der Waals surface area contributed by atoms with Gasteiger partial charge in [-0.1, -0.05) is 18.2 Å². The molecule has 0 aromatic heterocycles. The van der Waals surface area contributed by atoms with Crippen molar-refractivity contribution >= 4 is 11.8 Å². The summed E-state index contributed by atoms with van der Waals surface area (Å²) in [6, 6.07) is 10.4. The Kier molecular flexibility index (Phi) is 4.71. The van der Waals surface area contributed by atoms with Crippen LogP contribution in [0.5, 0.6) is 0 Å². The fourth-order valence-electron chi connectivity index (χ4n) is 2.51. The van der Waals surface area contributed by atoms with Gasteiger partial charge in [0.25, 0.3) is 0 Å². The number of rotatable bonds is 5. The van der Waals surface area contributed by atoms with Gasteiger partial charge in [-0.05, 0) is 44.6 Å². The van der Waals surface area contributed by atoms with E-state index in [1.165, 1.54) is 4.90 Å². The first-order valence-electron chi connectivity index (χ1n) is 6.64. The Bertz CT molecular complexity index is 368. The first-order chi connectivity index (χ1) is 8.60. The lowest BCUT2D eigenvalue weighted by Gasteiger charge is -2.27. The Morgan fingerprint density at radius 2 is 2.11 bits per heavy atom. The maximum atomic E-state index is 10.0. The average Bonchev–Trinajstić information content (AvgIpc) is 2.60. The van der Waals surface area contributed by atoms with Crippen LogP contribution in [0, 0.1) is 0 Å². The fourth-order valence-corrected chi connectivity index (χ4v) is 3.38. The van der Waals surface area contributed by atoms with E-state index >= 15 is 0 Å². The van der Waals surface area contributed by atoms with E-state index in [0.717, 1.165) is 25.0 Å². The van der Waals surface area contributed by atoms with Crippen LogP contribution in [0.4, 0.5) is 0 Å². The maximum absolute atomic E-state index is 10.0. The van der Waals surface area contributed by atoms with Crippen molar-refractivity contribution in [2.45, 2.75) is 55.8 Å².